The third-order valence-corrected chi connectivity index (χ3v) is 2.54. The topological polar surface area (TPSA) is 102 Å². The summed E-state index contributed by atoms with van der Waals surface area (Å²) in [6.45, 7) is 0.140. The summed E-state index contributed by atoms with van der Waals surface area (Å²) >= 11 is 0. The van der Waals surface area contributed by atoms with Crippen LogP contribution in [0, 0.1) is 0 Å². The molecule has 0 unspecified atom stereocenters. The smallest absolute Gasteiger partial charge is 0.282 e. The van der Waals surface area contributed by atoms with Crippen LogP contribution in [0.3, 0.4) is 0 Å². The lowest BCUT2D eigenvalue weighted by atomic mass is 10.2. The van der Waals surface area contributed by atoms with Crippen LogP contribution < -0.4 is 5.73 Å². The molecule has 0 amide bonds. The maximum atomic E-state index is 10.4. The Morgan fingerprint density at radius 3 is 2.59 bits per heavy atom. The molecule has 0 fully saturated rings. The first-order valence-electron chi connectivity index (χ1n) is 4.89. The van der Waals surface area contributed by atoms with Crippen molar-refractivity contribution in [2.45, 2.75) is 6.61 Å². The molecule has 0 aromatic heterocycles. The van der Waals surface area contributed by atoms with Crippen LogP contribution in [-0.2, 0) is 21.5 Å². The van der Waals surface area contributed by atoms with E-state index in [4.69, 9.17) is 15.0 Å². The molecule has 0 saturated heterocycles. The first-order chi connectivity index (χ1) is 7.97. The van der Waals surface area contributed by atoms with Crippen molar-refractivity contribution in [2.24, 2.45) is 10.7 Å². The molecule has 0 spiro atoms. The summed E-state index contributed by atoms with van der Waals surface area (Å²) in [5, 5.41) is 0. The summed E-state index contributed by atoms with van der Waals surface area (Å²) in [5.74, 6) is -0.470. The molecule has 17 heavy (non-hydrogen) atoms. The summed E-state index contributed by atoms with van der Waals surface area (Å²) in [5.41, 5.74) is 6.33. The molecule has 0 aliphatic carbocycles. The Morgan fingerprint density at radius 2 is 2.00 bits per heavy atom. The van der Waals surface area contributed by atoms with Crippen LogP contribution >= 0.6 is 0 Å². The fourth-order valence-corrected chi connectivity index (χ4v) is 1.37. The Kier molecular flexibility index (Phi) is 4.92. The number of amidine groups is 1. The molecule has 0 saturated carbocycles. The van der Waals surface area contributed by atoms with Gasteiger partial charge in [0.25, 0.3) is 16.1 Å². The van der Waals surface area contributed by atoms with E-state index in [2.05, 4.69) is 4.99 Å². The SMILES string of the molecule is NC(=NCCS(=O)(=O)O)OCc1ccccc1. The number of rotatable bonds is 5. The maximum Gasteiger partial charge on any atom is 0.282 e. The Balaban J connectivity index is 2.34. The molecule has 3 N–H and O–H groups in total. The highest BCUT2D eigenvalue weighted by Crippen LogP contribution is 2.00. The molecule has 0 heterocycles. The molecule has 1 aromatic carbocycles. The fraction of sp³-hybridized carbons (Fsp3) is 0.300. The molecule has 0 aliphatic heterocycles. The number of nitrogens with two attached hydrogens (primary N) is 1. The van der Waals surface area contributed by atoms with Gasteiger partial charge in [-0.25, -0.2) is 4.99 Å². The van der Waals surface area contributed by atoms with Crippen LogP contribution in [-0.4, -0.2) is 31.3 Å². The lowest BCUT2D eigenvalue weighted by Gasteiger charge is -2.04. The van der Waals surface area contributed by atoms with Crippen molar-refractivity contribution in [3.8, 4) is 0 Å². The van der Waals surface area contributed by atoms with Gasteiger partial charge >= 0.3 is 0 Å². The second-order valence-corrected chi connectivity index (χ2v) is 4.85. The van der Waals surface area contributed by atoms with Crippen molar-refractivity contribution in [1.29, 1.82) is 0 Å². The lowest BCUT2D eigenvalue weighted by Crippen LogP contribution is -2.18. The first-order valence-corrected chi connectivity index (χ1v) is 6.50. The van der Waals surface area contributed by atoms with Gasteiger partial charge in [-0.2, -0.15) is 8.42 Å². The van der Waals surface area contributed by atoms with E-state index in [1.165, 1.54) is 0 Å². The minimum atomic E-state index is -4.01. The summed E-state index contributed by atoms with van der Waals surface area (Å²) in [6, 6.07) is 9.25. The lowest BCUT2D eigenvalue weighted by molar-refractivity contribution is 0.286. The van der Waals surface area contributed by atoms with E-state index in [0.717, 1.165) is 5.56 Å². The van der Waals surface area contributed by atoms with E-state index in [0.29, 0.717) is 0 Å². The third-order valence-electron chi connectivity index (χ3n) is 1.85. The van der Waals surface area contributed by atoms with Crippen molar-refractivity contribution in [2.75, 3.05) is 12.3 Å². The van der Waals surface area contributed by atoms with E-state index >= 15 is 0 Å². The van der Waals surface area contributed by atoms with E-state index < -0.39 is 15.9 Å². The fourth-order valence-electron chi connectivity index (χ4n) is 1.05. The van der Waals surface area contributed by atoms with Crippen molar-refractivity contribution >= 4 is 16.1 Å². The largest absolute Gasteiger partial charge is 0.461 e. The normalized spacial score (nSPS) is 12.4. The van der Waals surface area contributed by atoms with Gasteiger partial charge in [-0.3, -0.25) is 4.55 Å². The molecule has 1 aromatic rings. The van der Waals surface area contributed by atoms with Gasteiger partial charge in [-0.15, -0.1) is 0 Å². The molecule has 0 radical (unpaired) electrons. The average molecular weight is 258 g/mol. The number of hydrogen-bond donors (Lipinski definition) is 2. The van der Waals surface area contributed by atoms with Crippen LogP contribution in [0.5, 0.6) is 0 Å². The van der Waals surface area contributed by atoms with Crippen molar-refractivity contribution in [3.63, 3.8) is 0 Å². The van der Waals surface area contributed by atoms with E-state index in [1.54, 1.807) is 0 Å². The molecule has 94 valence electrons. The van der Waals surface area contributed by atoms with Crippen LogP contribution in [0.15, 0.2) is 35.3 Å². The summed E-state index contributed by atoms with van der Waals surface area (Å²) < 4.78 is 34.3. The molecule has 7 heteroatoms. The van der Waals surface area contributed by atoms with Gasteiger partial charge in [0.1, 0.15) is 6.61 Å². The highest BCUT2D eigenvalue weighted by molar-refractivity contribution is 7.85. The molecule has 1 rings (SSSR count). The van der Waals surface area contributed by atoms with Gasteiger partial charge in [-0.05, 0) is 5.56 Å². The standard InChI is InChI=1S/C10H14N2O4S/c11-10(12-6-7-17(13,14)15)16-8-9-4-2-1-3-5-9/h1-5H,6-8H2,(H2,11,12)(H,13,14,15). The zero-order chi connectivity index (χ0) is 12.7. The molecule has 0 bridgehead atoms. The Morgan fingerprint density at radius 1 is 1.35 bits per heavy atom. The molecule has 0 aliphatic rings. The number of benzene rings is 1. The Hall–Kier alpha value is -1.60. The van der Waals surface area contributed by atoms with Crippen LogP contribution in [0.4, 0.5) is 0 Å². The quantitative estimate of drug-likeness (QED) is 0.452. The first kappa shape index (κ1) is 13.5. The minimum Gasteiger partial charge on any atom is -0.461 e. The number of hydrogen-bond acceptors (Lipinski definition) is 4. The molecular formula is C10H14N2O4S. The predicted molar refractivity (Wildman–Crippen MR) is 64.1 cm³/mol. The summed E-state index contributed by atoms with van der Waals surface area (Å²) in [7, 11) is -4.01. The van der Waals surface area contributed by atoms with Crippen molar-refractivity contribution < 1.29 is 17.7 Å². The van der Waals surface area contributed by atoms with Crippen LogP contribution in [0.2, 0.25) is 0 Å². The third kappa shape index (κ3) is 6.54. The van der Waals surface area contributed by atoms with E-state index in [1.807, 2.05) is 30.3 Å². The highest BCUT2D eigenvalue weighted by Gasteiger charge is 2.03. The van der Waals surface area contributed by atoms with Crippen LogP contribution in [0.1, 0.15) is 5.56 Å². The predicted octanol–water partition coefficient (Wildman–Crippen LogP) is 0.406. The van der Waals surface area contributed by atoms with Crippen molar-refractivity contribution in [3.05, 3.63) is 35.9 Å². The van der Waals surface area contributed by atoms with Gasteiger partial charge < -0.3 is 10.5 Å². The number of nitrogens with zero attached hydrogens (tertiary/aromatic N) is 1. The Labute approximate surface area is 99.9 Å². The van der Waals surface area contributed by atoms with Gasteiger partial charge in [0, 0.05) is 0 Å². The zero-order valence-electron chi connectivity index (χ0n) is 9.11. The van der Waals surface area contributed by atoms with Crippen molar-refractivity contribution in [1.82, 2.24) is 0 Å². The van der Waals surface area contributed by atoms with E-state index in [-0.39, 0.29) is 19.2 Å². The van der Waals surface area contributed by atoms with E-state index in [9.17, 15) is 8.42 Å². The highest BCUT2D eigenvalue weighted by atomic mass is 32.2. The van der Waals surface area contributed by atoms with Gasteiger partial charge in [0.2, 0.25) is 0 Å². The van der Waals surface area contributed by atoms with Gasteiger partial charge in [0.05, 0.1) is 12.3 Å². The Bertz CT molecular complexity index is 470. The zero-order valence-corrected chi connectivity index (χ0v) is 9.93. The second kappa shape index (κ2) is 6.21. The molecule has 6 nitrogen and oxygen atoms in total. The number of ether oxygens (including phenoxy) is 1. The van der Waals surface area contributed by atoms with Gasteiger partial charge in [-0.1, -0.05) is 30.3 Å². The summed E-state index contributed by atoms with van der Waals surface area (Å²) in [4.78, 5) is 3.66. The molecular weight excluding hydrogens is 244 g/mol. The number of aliphatic imine (C=N–C) groups is 1. The molecule has 0 atom stereocenters. The second-order valence-electron chi connectivity index (χ2n) is 3.28. The minimum absolute atomic E-state index is 0.0995. The maximum absolute atomic E-state index is 10.4. The monoisotopic (exact) mass is 258 g/mol. The van der Waals surface area contributed by atoms with Gasteiger partial charge in [0.15, 0.2) is 0 Å². The average Bonchev–Trinajstić information content (AvgIpc) is 2.26. The van der Waals surface area contributed by atoms with Crippen LogP contribution in [0.25, 0.3) is 0 Å². The summed E-state index contributed by atoms with van der Waals surface area (Å²) in [6.07, 6.45) is 0.